The van der Waals surface area contributed by atoms with Crippen LogP contribution in [0, 0.1) is 11.6 Å². The number of rotatable bonds is 5. The molecular formula is C14H18ClF2N. The molecule has 18 heavy (non-hydrogen) atoms. The summed E-state index contributed by atoms with van der Waals surface area (Å²) >= 11 is 5.79. The Morgan fingerprint density at radius 1 is 1.17 bits per heavy atom. The van der Waals surface area contributed by atoms with Gasteiger partial charge < -0.3 is 0 Å². The van der Waals surface area contributed by atoms with Crippen molar-refractivity contribution in [2.24, 2.45) is 0 Å². The van der Waals surface area contributed by atoms with Crippen molar-refractivity contribution in [1.29, 1.82) is 0 Å². The molecule has 0 N–H and O–H groups in total. The van der Waals surface area contributed by atoms with Crippen LogP contribution in [0.3, 0.4) is 0 Å². The van der Waals surface area contributed by atoms with Gasteiger partial charge in [-0.3, -0.25) is 4.90 Å². The lowest BCUT2D eigenvalue weighted by Gasteiger charge is -2.28. The van der Waals surface area contributed by atoms with E-state index in [-0.39, 0.29) is 5.56 Å². The molecule has 1 saturated carbocycles. The fourth-order valence-corrected chi connectivity index (χ4v) is 2.87. The number of halogens is 3. The topological polar surface area (TPSA) is 3.24 Å². The van der Waals surface area contributed by atoms with E-state index in [1.165, 1.54) is 31.0 Å². The van der Waals surface area contributed by atoms with Gasteiger partial charge in [-0.05, 0) is 25.0 Å². The first kappa shape index (κ1) is 13.8. The number of benzene rings is 1. The van der Waals surface area contributed by atoms with Crippen molar-refractivity contribution < 1.29 is 8.78 Å². The SMILES string of the molecule is Fc1cccc(F)c1CN(CCCl)C1CCCC1. The molecule has 1 nitrogen and oxygen atoms in total. The van der Waals surface area contributed by atoms with Crippen molar-refractivity contribution in [2.45, 2.75) is 38.3 Å². The summed E-state index contributed by atoms with van der Waals surface area (Å²) in [4.78, 5) is 2.11. The molecule has 0 bridgehead atoms. The largest absolute Gasteiger partial charge is 0.295 e. The number of alkyl halides is 1. The zero-order chi connectivity index (χ0) is 13.0. The van der Waals surface area contributed by atoms with E-state index in [9.17, 15) is 8.78 Å². The lowest BCUT2D eigenvalue weighted by Crippen LogP contribution is -2.35. The fraction of sp³-hybridized carbons (Fsp3) is 0.571. The van der Waals surface area contributed by atoms with Crippen molar-refractivity contribution in [1.82, 2.24) is 4.90 Å². The number of hydrogen-bond acceptors (Lipinski definition) is 1. The van der Waals surface area contributed by atoms with Crippen molar-refractivity contribution in [3.8, 4) is 0 Å². The van der Waals surface area contributed by atoms with Gasteiger partial charge in [0.25, 0.3) is 0 Å². The smallest absolute Gasteiger partial charge is 0.130 e. The molecule has 0 saturated heterocycles. The van der Waals surface area contributed by atoms with Crippen molar-refractivity contribution in [3.63, 3.8) is 0 Å². The molecule has 1 aliphatic rings. The summed E-state index contributed by atoms with van der Waals surface area (Å²) in [6.45, 7) is 0.996. The first-order chi connectivity index (χ1) is 8.72. The molecule has 1 fully saturated rings. The third-order valence-electron chi connectivity index (χ3n) is 3.64. The van der Waals surface area contributed by atoms with Gasteiger partial charge in [0.15, 0.2) is 0 Å². The predicted octanol–water partition coefficient (Wildman–Crippen LogP) is 3.95. The van der Waals surface area contributed by atoms with E-state index in [0.717, 1.165) is 12.8 Å². The molecule has 2 rings (SSSR count). The van der Waals surface area contributed by atoms with Crippen LogP contribution in [-0.4, -0.2) is 23.4 Å². The molecule has 0 heterocycles. The predicted molar refractivity (Wildman–Crippen MR) is 69.7 cm³/mol. The van der Waals surface area contributed by atoms with Crippen LogP contribution in [0.15, 0.2) is 18.2 Å². The summed E-state index contributed by atoms with van der Waals surface area (Å²) in [6.07, 6.45) is 4.60. The van der Waals surface area contributed by atoms with Crippen molar-refractivity contribution >= 4 is 11.6 Å². The summed E-state index contributed by atoms with van der Waals surface area (Å²) in [5.41, 5.74) is 0.162. The highest BCUT2D eigenvalue weighted by Gasteiger charge is 2.24. The molecule has 0 atom stereocenters. The van der Waals surface area contributed by atoms with Crippen LogP contribution < -0.4 is 0 Å². The molecule has 0 radical (unpaired) electrons. The highest BCUT2D eigenvalue weighted by Crippen LogP contribution is 2.26. The van der Waals surface area contributed by atoms with Crippen LogP contribution in [0.5, 0.6) is 0 Å². The molecule has 0 unspecified atom stereocenters. The lowest BCUT2D eigenvalue weighted by atomic mass is 10.1. The lowest BCUT2D eigenvalue weighted by molar-refractivity contribution is 0.196. The van der Waals surface area contributed by atoms with E-state index in [4.69, 9.17) is 11.6 Å². The summed E-state index contributed by atoms with van der Waals surface area (Å²) in [6, 6.07) is 4.44. The van der Waals surface area contributed by atoms with Gasteiger partial charge in [-0.2, -0.15) is 0 Å². The maximum absolute atomic E-state index is 13.6. The second kappa shape index (κ2) is 6.48. The summed E-state index contributed by atoms with van der Waals surface area (Å²) in [7, 11) is 0. The Hall–Kier alpha value is -0.670. The molecule has 4 heteroatoms. The third kappa shape index (κ3) is 3.21. The third-order valence-corrected chi connectivity index (χ3v) is 3.80. The zero-order valence-corrected chi connectivity index (χ0v) is 11.1. The summed E-state index contributed by atoms with van der Waals surface area (Å²) in [5.74, 6) is -0.438. The van der Waals surface area contributed by atoms with Gasteiger partial charge in [-0.1, -0.05) is 18.9 Å². The molecule has 1 aromatic carbocycles. The van der Waals surface area contributed by atoms with Gasteiger partial charge in [0.05, 0.1) is 0 Å². The van der Waals surface area contributed by atoms with E-state index in [1.54, 1.807) is 0 Å². The van der Waals surface area contributed by atoms with Crippen LogP contribution in [0.2, 0.25) is 0 Å². The minimum atomic E-state index is -0.465. The molecule has 100 valence electrons. The first-order valence-corrected chi connectivity index (χ1v) is 6.98. The van der Waals surface area contributed by atoms with E-state index in [2.05, 4.69) is 4.90 Å². The van der Waals surface area contributed by atoms with E-state index in [1.807, 2.05) is 0 Å². The van der Waals surface area contributed by atoms with E-state index >= 15 is 0 Å². The molecule has 1 aromatic rings. The Bertz CT molecular complexity index is 371. The van der Waals surface area contributed by atoms with Crippen LogP contribution in [0.1, 0.15) is 31.2 Å². The Kier molecular flexibility index (Phi) is 4.95. The first-order valence-electron chi connectivity index (χ1n) is 6.45. The van der Waals surface area contributed by atoms with Gasteiger partial charge in [-0.15, -0.1) is 11.6 Å². The Morgan fingerprint density at radius 2 is 1.78 bits per heavy atom. The van der Waals surface area contributed by atoms with Crippen LogP contribution >= 0.6 is 11.6 Å². The van der Waals surface area contributed by atoms with Gasteiger partial charge >= 0.3 is 0 Å². The minimum Gasteiger partial charge on any atom is -0.295 e. The summed E-state index contributed by atoms with van der Waals surface area (Å²) < 4.78 is 27.3. The standard InChI is InChI=1S/C14H18ClF2N/c15-8-9-18(11-4-1-2-5-11)10-12-13(16)6-3-7-14(12)17/h3,6-7,11H,1-2,4-5,8-10H2. The van der Waals surface area contributed by atoms with Crippen LogP contribution in [-0.2, 0) is 6.54 Å². The second-order valence-electron chi connectivity index (χ2n) is 4.80. The van der Waals surface area contributed by atoms with Gasteiger partial charge in [0.2, 0.25) is 0 Å². The molecule has 0 amide bonds. The maximum atomic E-state index is 13.6. The quantitative estimate of drug-likeness (QED) is 0.735. The highest BCUT2D eigenvalue weighted by atomic mass is 35.5. The second-order valence-corrected chi connectivity index (χ2v) is 5.18. The van der Waals surface area contributed by atoms with Gasteiger partial charge in [-0.25, -0.2) is 8.78 Å². The number of hydrogen-bond donors (Lipinski definition) is 0. The maximum Gasteiger partial charge on any atom is 0.130 e. The zero-order valence-electron chi connectivity index (χ0n) is 10.3. The van der Waals surface area contributed by atoms with Crippen LogP contribution in [0.4, 0.5) is 8.78 Å². The average molecular weight is 274 g/mol. The average Bonchev–Trinajstić information content (AvgIpc) is 2.86. The monoisotopic (exact) mass is 273 g/mol. The van der Waals surface area contributed by atoms with E-state index < -0.39 is 11.6 Å². The number of nitrogens with zero attached hydrogens (tertiary/aromatic N) is 1. The highest BCUT2D eigenvalue weighted by molar-refractivity contribution is 6.18. The Morgan fingerprint density at radius 3 is 2.33 bits per heavy atom. The molecule has 0 aliphatic heterocycles. The van der Waals surface area contributed by atoms with E-state index in [0.29, 0.717) is 25.0 Å². The van der Waals surface area contributed by atoms with Crippen molar-refractivity contribution in [2.75, 3.05) is 12.4 Å². The van der Waals surface area contributed by atoms with Crippen LogP contribution in [0.25, 0.3) is 0 Å². The molecule has 0 spiro atoms. The summed E-state index contributed by atoms with van der Waals surface area (Å²) in [5, 5.41) is 0. The van der Waals surface area contributed by atoms with Crippen molar-refractivity contribution in [3.05, 3.63) is 35.4 Å². The molecular weight excluding hydrogens is 256 g/mol. The molecule has 1 aliphatic carbocycles. The fourth-order valence-electron chi connectivity index (χ4n) is 2.66. The normalized spacial score (nSPS) is 16.7. The molecule has 0 aromatic heterocycles. The Labute approximate surface area is 112 Å². The van der Waals surface area contributed by atoms with Gasteiger partial charge in [0.1, 0.15) is 11.6 Å². The van der Waals surface area contributed by atoms with Gasteiger partial charge in [0, 0.05) is 30.6 Å². The minimum absolute atomic E-state index is 0.162. The Balaban J connectivity index is 2.12.